The van der Waals surface area contributed by atoms with Gasteiger partial charge in [-0.25, -0.2) is 5.48 Å². The average Bonchev–Trinajstić information content (AvgIpc) is 2.39. The van der Waals surface area contributed by atoms with E-state index in [4.69, 9.17) is 15.1 Å². The van der Waals surface area contributed by atoms with Gasteiger partial charge in [0.2, 0.25) is 0 Å². The van der Waals surface area contributed by atoms with E-state index in [0.717, 1.165) is 6.08 Å². The van der Waals surface area contributed by atoms with E-state index in [1.807, 2.05) is 0 Å². The van der Waals surface area contributed by atoms with Crippen LogP contribution in [0.5, 0.6) is 5.75 Å². The van der Waals surface area contributed by atoms with Crippen LogP contribution in [0, 0.1) is 0 Å². The molecule has 2 atom stereocenters. The Bertz CT molecular complexity index is 415. The number of hydroxylamine groups is 1. The molecule has 6 nitrogen and oxygen atoms in total. The molecule has 0 radical (unpaired) electrons. The number of amides is 1. The quantitative estimate of drug-likeness (QED) is 0.348. The molecule has 1 aromatic carbocycles. The number of carbonyl (C=O) groups is 1. The Kier molecular flexibility index (Phi) is 5.31. The second-order valence-corrected chi connectivity index (χ2v) is 3.57. The van der Waals surface area contributed by atoms with Crippen molar-refractivity contribution >= 4 is 5.91 Å². The van der Waals surface area contributed by atoms with E-state index in [-0.39, 0.29) is 5.75 Å². The van der Waals surface area contributed by atoms with Gasteiger partial charge in [0.25, 0.3) is 5.91 Å². The standard InChI is InChI=1S/C12H15NO5/c1-18-10(6-7-11(15)13-17)12(16)8-2-4-9(14)5-3-8/h2-7,10,12,14,16-17H,1H3,(H,13,15)/b7-6+/t10-,12-/m1/s1. The lowest BCUT2D eigenvalue weighted by atomic mass is 10.0. The predicted octanol–water partition coefficient (Wildman–Crippen LogP) is 0.502. The number of nitrogens with one attached hydrogen (secondary N) is 1. The van der Waals surface area contributed by atoms with Gasteiger partial charge in [-0.15, -0.1) is 0 Å². The lowest BCUT2D eigenvalue weighted by Crippen LogP contribution is -2.21. The number of rotatable bonds is 5. The van der Waals surface area contributed by atoms with Crippen molar-refractivity contribution in [3.05, 3.63) is 42.0 Å². The maximum absolute atomic E-state index is 10.8. The highest BCUT2D eigenvalue weighted by atomic mass is 16.5. The molecule has 0 aromatic heterocycles. The molecule has 0 bridgehead atoms. The van der Waals surface area contributed by atoms with Crippen LogP contribution in [0.15, 0.2) is 36.4 Å². The molecule has 1 aromatic rings. The molecule has 0 unspecified atom stereocenters. The number of methoxy groups -OCH3 is 1. The summed E-state index contributed by atoms with van der Waals surface area (Å²) in [5.74, 6) is -0.620. The fourth-order valence-electron chi connectivity index (χ4n) is 1.39. The summed E-state index contributed by atoms with van der Waals surface area (Å²) >= 11 is 0. The molecule has 0 saturated heterocycles. The van der Waals surface area contributed by atoms with Crippen molar-refractivity contribution in [2.24, 2.45) is 0 Å². The Morgan fingerprint density at radius 3 is 2.50 bits per heavy atom. The number of ether oxygens (including phenoxy) is 1. The molecule has 0 aliphatic rings. The van der Waals surface area contributed by atoms with Gasteiger partial charge in [0.05, 0.1) is 0 Å². The van der Waals surface area contributed by atoms with Crippen LogP contribution in [0.2, 0.25) is 0 Å². The Hall–Kier alpha value is -1.89. The fraction of sp³-hybridized carbons (Fsp3) is 0.250. The summed E-state index contributed by atoms with van der Waals surface area (Å²) in [5, 5.41) is 27.5. The van der Waals surface area contributed by atoms with E-state index < -0.39 is 18.1 Å². The van der Waals surface area contributed by atoms with Crippen LogP contribution in [-0.4, -0.2) is 34.5 Å². The number of aliphatic hydroxyl groups excluding tert-OH is 1. The summed E-state index contributed by atoms with van der Waals surface area (Å²) in [4.78, 5) is 10.8. The third-order valence-corrected chi connectivity index (χ3v) is 2.37. The number of aromatic hydroxyl groups is 1. The topological polar surface area (TPSA) is 99.0 Å². The summed E-state index contributed by atoms with van der Waals surface area (Å²) in [5.41, 5.74) is 1.97. The molecule has 6 heteroatoms. The van der Waals surface area contributed by atoms with Gasteiger partial charge in [-0.3, -0.25) is 10.0 Å². The van der Waals surface area contributed by atoms with Gasteiger partial charge < -0.3 is 14.9 Å². The molecule has 0 heterocycles. The summed E-state index contributed by atoms with van der Waals surface area (Å²) in [6.07, 6.45) is 0.645. The molecular formula is C12H15NO5. The van der Waals surface area contributed by atoms with Crippen LogP contribution in [-0.2, 0) is 9.53 Å². The number of aliphatic hydroxyl groups is 1. The van der Waals surface area contributed by atoms with Crippen molar-refractivity contribution in [3.63, 3.8) is 0 Å². The highest BCUT2D eigenvalue weighted by Crippen LogP contribution is 2.21. The van der Waals surface area contributed by atoms with Crippen LogP contribution in [0.25, 0.3) is 0 Å². The van der Waals surface area contributed by atoms with Gasteiger partial charge in [-0.1, -0.05) is 12.1 Å². The molecule has 0 spiro atoms. The summed E-state index contributed by atoms with van der Waals surface area (Å²) in [7, 11) is 1.38. The van der Waals surface area contributed by atoms with Gasteiger partial charge in [0.15, 0.2) is 0 Å². The first-order valence-corrected chi connectivity index (χ1v) is 5.20. The smallest absolute Gasteiger partial charge is 0.267 e. The number of carbonyl (C=O) groups excluding carboxylic acids is 1. The van der Waals surface area contributed by atoms with Gasteiger partial charge in [0.1, 0.15) is 18.0 Å². The van der Waals surface area contributed by atoms with E-state index in [1.165, 1.54) is 30.8 Å². The van der Waals surface area contributed by atoms with Crippen LogP contribution >= 0.6 is 0 Å². The highest BCUT2D eigenvalue weighted by molar-refractivity contribution is 5.86. The van der Waals surface area contributed by atoms with Gasteiger partial charge in [-0.2, -0.15) is 0 Å². The van der Waals surface area contributed by atoms with E-state index >= 15 is 0 Å². The molecular weight excluding hydrogens is 238 g/mol. The van der Waals surface area contributed by atoms with Crippen molar-refractivity contribution in [1.29, 1.82) is 0 Å². The van der Waals surface area contributed by atoms with Crippen LogP contribution < -0.4 is 5.48 Å². The molecule has 0 aliphatic heterocycles. The minimum Gasteiger partial charge on any atom is -0.508 e. The maximum atomic E-state index is 10.8. The molecule has 18 heavy (non-hydrogen) atoms. The van der Waals surface area contributed by atoms with Gasteiger partial charge in [-0.05, 0) is 23.8 Å². The first-order valence-electron chi connectivity index (χ1n) is 5.20. The summed E-state index contributed by atoms with van der Waals surface area (Å²) < 4.78 is 5.03. The van der Waals surface area contributed by atoms with Gasteiger partial charge >= 0.3 is 0 Å². The van der Waals surface area contributed by atoms with Crippen molar-refractivity contribution in [1.82, 2.24) is 5.48 Å². The Morgan fingerprint density at radius 2 is 2.00 bits per heavy atom. The number of phenols is 1. The summed E-state index contributed by atoms with van der Waals surface area (Å²) in [6.45, 7) is 0. The van der Waals surface area contributed by atoms with Gasteiger partial charge in [0, 0.05) is 13.2 Å². The average molecular weight is 253 g/mol. The predicted molar refractivity (Wildman–Crippen MR) is 62.9 cm³/mol. The third-order valence-electron chi connectivity index (χ3n) is 2.37. The Morgan fingerprint density at radius 1 is 1.39 bits per heavy atom. The van der Waals surface area contributed by atoms with E-state index in [2.05, 4.69) is 0 Å². The van der Waals surface area contributed by atoms with E-state index in [0.29, 0.717) is 5.56 Å². The number of hydrogen-bond donors (Lipinski definition) is 4. The molecule has 1 rings (SSSR count). The number of phenolic OH excluding ortho intramolecular Hbond substituents is 1. The van der Waals surface area contributed by atoms with Crippen LogP contribution in [0.3, 0.4) is 0 Å². The fourth-order valence-corrected chi connectivity index (χ4v) is 1.39. The first-order chi connectivity index (χ1) is 8.58. The van der Waals surface area contributed by atoms with Crippen LogP contribution in [0.4, 0.5) is 0 Å². The lowest BCUT2D eigenvalue weighted by molar-refractivity contribution is -0.124. The second kappa shape index (κ2) is 6.75. The summed E-state index contributed by atoms with van der Waals surface area (Å²) in [6, 6.07) is 5.97. The Balaban J connectivity index is 2.78. The molecule has 0 saturated carbocycles. The normalized spacial score (nSPS) is 14.4. The van der Waals surface area contributed by atoms with Crippen molar-refractivity contribution < 1.29 is 25.0 Å². The maximum Gasteiger partial charge on any atom is 0.267 e. The highest BCUT2D eigenvalue weighted by Gasteiger charge is 2.18. The van der Waals surface area contributed by atoms with E-state index in [1.54, 1.807) is 12.1 Å². The minimum atomic E-state index is -0.988. The zero-order valence-corrected chi connectivity index (χ0v) is 9.78. The Labute approximate surface area is 104 Å². The molecule has 1 amide bonds. The monoisotopic (exact) mass is 253 g/mol. The van der Waals surface area contributed by atoms with Crippen molar-refractivity contribution in [2.75, 3.05) is 7.11 Å². The second-order valence-electron chi connectivity index (χ2n) is 3.57. The third kappa shape index (κ3) is 3.85. The SMILES string of the molecule is CO[C@H](/C=C/C(=O)NO)[C@H](O)c1ccc(O)cc1. The largest absolute Gasteiger partial charge is 0.508 e. The minimum absolute atomic E-state index is 0.0927. The molecule has 4 N–H and O–H groups in total. The van der Waals surface area contributed by atoms with Crippen molar-refractivity contribution in [3.8, 4) is 5.75 Å². The number of benzene rings is 1. The van der Waals surface area contributed by atoms with Crippen molar-refractivity contribution in [2.45, 2.75) is 12.2 Å². The number of hydrogen-bond acceptors (Lipinski definition) is 5. The van der Waals surface area contributed by atoms with Crippen LogP contribution in [0.1, 0.15) is 11.7 Å². The molecule has 0 aliphatic carbocycles. The molecule has 0 fully saturated rings. The molecule has 98 valence electrons. The van der Waals surface area contributed by atoms with E-state index in [9.17, 15) is 9.90 Å². The zero-order chi connectivity index (χ0) is 13.5. The lowest BCUT2D eigenvalue weighted by Gasteiger charge is -2.18. The zero-order valence-electron chi connectivity index (χ0n) is 9.78. The first kappa shape index (κ1) is 14.2.